The number of carbonyl (C=O) groups excluding carboxylic acids is 2. The van der Waals surface area contributed by atoms with Crippen molar-refractivity contribution in [2.45, 2.75) is 13.5 Å². The molecule has 2 N–H and O–H groups in total. The maximum atomic E-state index is 12.2. The largest absolute Gasteiger partial charge is 0.350 e. The summed E-state index contributed by atoms with van der Waals surface area (Å²) in [5.41, 5.74) is 1.68. The smallest absolute Gasteiger partial charge is 0.241 e. The fourth-order valence-corrected chi connectivity index (χ4v) is 3.06. The minimum Gasteiger partial charge on any atom is -0.350 e. The minimum absolute atomic E-state index is 0.229. The zero-order chi connectivity index (χ0) is 19.2. The summed E-state index contributed by atoms with van der Waals surface area (Å²) in [6.07, 6.45) is 4.28. The van der Waals surface area contributed by atoms with Gasteiger partial charge in [0.25, 0.3) is 0 Å². The van der Waals surface area contributed by atoms with E-state index < -0.39 is 15.9 Å². The second-order valence-electron chi connectivity index (χ2n) is 5.64. The number of sulfonamides is 1. The Labute approximate surface area is 152 Å². The van der Waals surface area contributed by atoms with Gasteiger partial charge in [0, 0.05) is 31.5 Å². The highest BCUT2D eigenvalue weighted by molar-refractivity contribution is 7.92. The van der Waals surface area contributed by atoms with Crippen LogP contribution in [-0.2, 0) is 26.2 Å². The molecule has 0 radical (unpaired) electrons. The average molecular weight is 376 g/mol. The van der Waals surface area contributed by atoms with Crippen LogP contribution in [0, 0.1) is 0 Å². The van der Waals surface area contributed by atoms with Gasteiger partial charge in [-0.3, -0.25) is 18.9 Å². The van der Waals surface area contributed by atoms with Gasteiger partial charge < -0.3 is 10.6 Å². The number of nitrogens with one attached hydrogen (secondary N) is 2. The van der Waals surface area contributed by atoms with Crippen molar-refractivity contribution in [1.82, 2.24) is 10.3 Å². The van der Waals surface area contributed by atoms with Crippen molar-refractivity contribution in [1.29, 1.82) is 0 Å². The molecule has 0 unspecified atom stereocenters. The molecule has 138 valence electrons. The highest BCUT2D eigenvalue weighted by atomic mass is 32.2. The van der Waals surface area contributed by atoms with Crippen LogP contribution in [0.4, 0.5) is 11.4 Å². The lowest BCUT2D eigenvalue weighted by Crippen LogP contribution is -2.40. The van der Waals surface area contributed by atoms with Crippen LogP contribution in [0.3, 0.4) is 0 Å². The summed E-state index contributed by atoms with van der Waals surface area (Å²) in [7, 11) is -3.66. The van der Waals surface area contributed by atoms with Gasteiger partial charge in [-0.15, -0.1) is 0 Å². The van der Waals surface area contributed by atoms with E-state index in [0.717, 1.165) is 16.1 Å². The molecule has 0 aliphatic heterocycles. The Balaban J connectivity index is 2.07. The number of aromatic nitrogens is 1. The van der Waals surface area contributed by atoms with Crippen molar-refractivity contribution >= 4 is 33.2 Å². The molecule has 0 aliphatic rings. The van der Waals surface area contributed by atoms with Crippen LogP contribution in [0.2, 0.25) is 0 Å². The molecule has 0 bridgehead atoms. The Morgan fingerprint density at radius 3 is 2.38 bits per heavy atom. The summed E-state index contributed by atoms with van der Waals surface area (Å²) in [6, 6.07) is 9.76. The molecule has 0 saturated carbocycles. The van der Waals surface area contributed by atoms with Crippen molar-refractivity contribution in [2.24, 2.45) is 0 Å². The van der Waals surface area contributed by atoms with Crippen LogP contribution in [-0.4, -0.2) is 38.0 Å². The predicted octanol–water partition coefficient (Wildman–Crippen LogP) is 1.12. The Bertz CT molecular complexity index is 867. The molecule has 2 rings (SSSR count). The summed E-state index contributed by atoms with van der Waals surface area (Å²) in [4.78, 5) is 27.2. The van der Waals surface area contributed by atoms with E-state index in [1.165, 1.54) is 19.1 Å². The van der Waals surface area contributed by atoms with E-state index in [4.69, 9.17) is 0 Å². The average Bonchev–Trinajstić information content (AvgIpc) is 2.58. The zero-order valence-corrected chi connectivity index (χ0v) is 15.3. The number of carbonyl (C=O) groups is 2. The van der Waals surface area contributed by atoms with Crippen molar-refractivity contribution in [3.63, 3.8) is 0 Å². The fourth-order valence-electron chi connectivity index (χ4n) is 2.20. The van der Waals surface area contributed by atoms with Gasteiger partial charge in [-0.25, -0.2) is 8.42 Å². The van der Waals surface area contributed by atoms with Gasteiger partial charge in [0.05, 0.1) is 11.9 Å². The highest BCUT2D eigenvalue weighted by Gasteiger charge is 2.20. The van der Waals surface area contributed by atoms with Gasteiger partial charge in [-0.1, -0.05) is 6.07 Å². The van der Waals surface area contributed by atoms with Crippen LogP contribution in [0.25, 0.3) is 0 Å². The fraction of sp³-hybridized carbons (Fsp3) is 0.235. The standard InChI is InChI=1S/C17H20N4O4S/c1-13(22)20-15-5-7-16(8-6-15)21(26(2,24)25)12-17(23)19-11-14-4-3-9-18-10-14/h3-10H,11-12H2,1-2H3,(H,19,23)(H,20,22). The number of rotatable bonds is 7. The summed E-state index contributed by atoms with van der Waals surface area (Å²) < 4.78 is 25.1. The number of anilines is 2. The van der Waals surface area contributed by atoms with Crippen molar-refractivity contribution in [3.8, 4) is 0 Å². The number of hydrogen-bond donors (Lipinski definition) is 2. The quantitative estimate of drug-likeness (QED) is 0.753. The first-order valence-corrected chi connectivity index (χ1v) is 9.61. The predicted molar refractivity (Wildman–Crippen MR) is 99.0 cm³/mol. The van der Waals surface area contributed by atoms with E-state index in [1.54, 1.807) is 30.6 Å². The molecule has 0 atom stereocenters. The molecule has 0 aliphatic carbocycles. The molecule has 0 spiro atoms. The van der Waals surface area contributed by atoms with Gasteiger partial charge in [-0.2, -0.15) is 0 Å². The van der Waals surface area contributed by atoms with Gasteiger partial charge in [0.1, 0.15) is 6.54 Å². The summed E-state index contributed by atoms with van der Waals surface area (Å²) in [5, 5.41) is 5.26. The summed E-state index contributed by atoms with van der Waals surface area (Å²) >= 11 is 0. The van der Waals surface area contributed by atoms with E-state index in [1.807, 2.05) is 6.07 Å². The lowest BCUT2D eigenvalue weighted by Gasteiger charge is -2.22. The summed E-state index contributed by atoms with van der Waals surface area (Å²) in [5.74, 6) is -0.669. The zero-order valence-electron chi connectivity index (χ0n) is 14.5. The first-order chi connectivity index (χ1) is 12.3. The molecular weight excluding hydrogens is 356 g/mol. The highest BCUT2D eigenvalue weighted by Crippen LogP contribution is 2.20. The maximum absolute atomic E-state index is 12.2. The van der Waals surface area contributed by atoms with Gasteiger partial charge in [-0.05, 0) is 35.9 Å². The molecule has 2 aromatic rings. The summed E-state index contributed by atoms with van der Waals surface area (Å²) in [6.45, 7) is 1.29. The number of hydrogen-bond acceptors (Lipinski definition) is 5. The molecule has 1 heterocycles. The molecule has 1 aromatic heterocycles. The third-order valence-electron chi connectivity index (χ3n) is 3.38. The lowest BCUT2D eigenvalue weighted by atomic mass is 10.2. The third kappa shape index (κ3) is 5.85. The van der Waals surface area contributed by atoms with Gasteiger partial charge in [0.15, 0.2) is 0 Å². The molecule has 9 heteroatoms. The van der Waals surface area contributed by atoms with Crippen molar-refractivity contribution in [3.05, 3.63) is 54.4 Å². The Hall–Kier alpha value is -2.94. The molecule has 8 nitrogen and oxygen atoms in total. The molecule has 2 amide bonds. The SMILES string of the molecule is CC(=O)Nc1ccc(N(CC(=O)NCc2cccnc2)S(C)(=O)=O)cc1. The van der Waals surface area contributed by atoms with Crippen LogP contribution in [0.1, 0.15) is 12.5 Å². The lowest BCUT2D eigenvalue weighted by molar-refractivity contribution is -0.119. The van der Waals surface area contributed by atoms with E-state index in [9.17, 15) is 18.0 Å². The van der Waals surface area contributed by atoms with Crippen molar-refractivity contribution < 1.29 is 18.0 Å². The first kappa shape index (κ1) is 19.4. The maximum Gasteiger partial charge on any atom is 0.241 e. The molecule has 26 heavy (non-hydrogen) atoms. The molecule has 1 aromatic carbocycles. The monoisotopic (exact) mass is 376 g/mol. The van der Waals surface area contributed by atoms with E-state index >= 15 is 0 Å². The first-order valence-electron chi connectivity index (χ1n) is 7.76. The van der Waals surface area contributed by atoms with Crippen molar-refractivity contribution in [2.75, 3.05) is 22.4 Å². The van der Waals surface area contributed by atoms with Crippen LogP contribution >= 0.6 is 0 Å². The number of amides is 2. The van der Waals surface area contributed by atoms with Crippen LogP contribution in [0.15, 0.2) is 48.8 Å². The number of pyridine rings is 1. The Morgan fingerprint density at radius 1 is 1.15 bits per heavy atom. The molecule has 0 fully saturated rings. The minimum atomic E-state index is -3.66. The second kappa shape index (κ2) is 8.43. The van der Waals surface area contributed by atoms with Crippen LogP contribution in [0.5, 0.6) is 0 Å². The second-order valence-corrected chi connectivity index (χ2v) is 7.54. The van der Waals surface area contributed by atoms with Gasteiger partial charge in [0.2, 0.25) is 21.8 Å². The Morgan fingerprint density at radius 2 is 1.85 bits per heavy atom. The van der Waals surface area contributed by atoms with E-state index in [2.05, 4.69) is 15.6 Å². The normalized spacial score (nSPS) is 10.8. The Kier molecular flexibility index (Phi) is 6.29. The topological polar surface area (TPSA) is 108 Å². The molecular formula is C17H20N4O4S. The van der Waals surface area contributed by atoms with Gasteiger partial charge >= 0.3 is 0 Å². The molecule has 0 saturated heterocycles. The number of nitrogens with zero attached hydrogens (tertiary/aromatic N) is 2. The third-order valence-corrected chi connectivity index (χ3v) is 4.52. The van der Waals surface area contributed by atoms with E-state index in [-0.39, 0.29) is 19.0 Å². The van der Waals surface area contributed by atoms with Crippen LogP contribution < -0.4 is 14.9 Å². The van der Waals surface area contributed by atoms with E-state index in [0.29, 0.717) is 11.4 Å². The number of benzene rings is 1.